The van der Waals surface area contributed by atoms with E-state index in [2.05, 4.69) is 104 Å². The first-order valence-electron chi connectivity index (χ1n) is 14.3. The van der Waals surface area contributed by atoms with E-state index in [0.717, 1.165) is 18.7 Å². The average Bonchev–Trinajstić information content (AvgIpc) is 3.26. The number of aryl methyl sites for hydroxylation is 8. The molecule has 0 amide bonds. The summed E-state index contributed by atoms with van der Waals surface area (Å²) in [4.78, 5) is 0. The van der Waals surface area contributed by atoms with Gasteiger partial charge in [-0.15, -0.1) is 66.5 Å². The van der Waals surface area contributed by atoms with Crippen molar-refractivity contribution in [2.24, 2.45) is 5.41 Å². The summed E-state index contributed by atoms with van der Waals surface area (Å²) in [7, 11) is 0. The van der Waals surface area contributed by atoms with Crippen LogP contribution >= 0.6 is 11.6 Å². The molecular formula is C37H51ClZr. The molecule has 0 aromatic heterocycles. The minimum absolute atomic E-state index is 0. The first-order chi connectivity index (χ1) is 17.5. The third kappa shape index (κ3) is 5.93. The Labute approximate surface area is 263 Å². The molecule has 2 heteroatoms. The summed E-state index contributed by atoms with van der Waals surface area (Å²) in [6.07, 6.45) is 2.23. The van der Waals surface area contributed by atoms with Crippen LogP contribution in [-0.2, 0) is 39.0 Å². The maximum Gasteiger partial charge on any atom is 2.00 e. The Morgan fingerprint density at radius 1 is 0.462 bits per heavy atom. The van der Waals surface area contributed by atoms with Crippen molar-refractivity contribution in [2.75, 3.05) is 5.88 Å². The van der Waals surface area contributed by atoms with Crippen LogP contribution in [-0.4, -0.2) is 5.88 Å². The second-order valence-electron chi connectivity index (χ2n) is 13.2. The molecule has 210 valence electrons. The van der Waals surface area contributed by atoms with Crippen LogP contribution < -0.4 is 0 Å². The number of rotatable bonds is 3. The van der Waals surface area contributed by atoms with Crippen molar-refractivity contribution in [1.82, 2.24) is 0 Å². The standard InChI is InChI=1S/C32H40.C5H11Cl.Zr/c1-15-17(3)23(9)31-27(19(5)25(11)29(31)21(15)7)13-14-28-20(6)26(12)30-22(8)16(2)18(4)24(10)32(28)30;1-5(2,3)4-6;/h13-14H2,1-12H3;4H2,1-3H3;/q-2;;+2. The van der Waals surface area contributed by atoms with E-state index in [1.165, 1.54) is 88.3 Å². The predicted molar refractivity (Wildman–Crippen MR) is 174 cm³/mol. The summed E-state index contributed by atoms with van der Waals surface area (Å²) in [5.41, 5.74) is 21.2. The molecule has 0 aliphatic rings. The largest absolute Gasteiger partial charge is 2.00 e. The van der Waals surface area contributed by atoms with Gasteiger partial charge in [0.05, 0.1) is 0 Å². The molecule has 0 saturated heterocycles. The summed E-state index contributed by atoms with van der Waals surface area (Å²) in [6.45, 7) is 34.2. The first-order valence-corrected chi connectivity index (χ1v) is 14.9. The second-order valence-corrected chi connectivity index (χ2v) is 13.4. The molecule has 39 heavy (non-hydrogen) atoms. The summed E-state index contributed by atoms with van der Waals surface area (Å²) in [5, 5.41) is 6.09. The fourth-order valence-electron chi connectivity index (χ4n) is 6.39. The van der Waals surface area contributed by atoms with Gasteiger partial charge in [-0.2, -0.15) is 11.1 Å². The normalized spacial score (nSPS) is 11.7. The molecule has 4 aromatic rings. The maximum atomic E-state index is 5.48. The summed E-state index contributed by atoms with van der Waals surface area (Å²) >= 11 is 5.48. The zero-order valence-electron chi connectivity index (χ0n) is 27.5. The van der Waals surface area contributed by atoms with E-state index >= 15 is 0 Å². The van der Waals surface area contributed by atoms with Crippen LogP contribution in [0.3, 0.4) is 0 Å². The van der Waals surface area contributed by atoms with Crippen molar-refractivity contribution in [1.29, 1.82) is 0 Å². The predicted octanol–water partition coefficient (Wildman–Crippen LogP) is 11.2. The molecule has 0 bridgehead atoms. The van der Waals surface area contributed by atoms with E-state index in [0.29, 0.717) is 5.41 Å². The fraction of sp³-hybridized carbons (Fsp3) is 0.514. The number of fused-ring (bicyclic) bond motifs is 2. The van der Waals surface area contributed by atoms with Gasteiger partial charge in [0.25, 0.3) is 0 Å². The number of hydrogen-bond donors (Lipinski definition) is 0. The molecule has 0 spiro atoms. The van der Waals surface area contributed by atoms with Crippen LogP contribution in [0.1, 0.15) is 98.7 Å². The van der Waals surface area contributed by atoms with Crippen LogP contribution in [0.25, 0.3) is 21.5 Å². The van der Waals surface area contributed by atoms with Gasteiger partial charge >= 0.3 is 26.2 Å². The molecule has 0 radical (unpaired) electrons. The van der Waals surface area contributed by atoms with Crippen LogP contribution in [0, 0.1) is 88.5 Å². The molecular weight excluding hydrogens is 571 g/mol. The van der Waals surface area contributed by atoms with E-state index in [9.17, 15) is 0 Å². The van der Waals surface area contributed by atoms with Crippen LogP contribution in [0.5, 0.6) is 0 Å². The van der Waals surface area contributed by atoms with Crippen molar-refractivity contribution in [3.8, 4) is 0 Å². The molecule has 0 heterocycles. The zero-order chi connectivity index (χ0) is 29.0. The maximum absolute atomic E-state index is 5.48. The number of benzene rings is 2. The zero-order valence-corrected chi connectivity index (χ0v) is 30.7. The van der Waals surface area contributed by atoms with Crippen molar-refractivity contribution < 1.29 is 26.2 Å². The van der Waals surface area contributed by atoms with Gasteiger partial charge in [0.2, 0.25) is 0 Å². The quantitative estimate of drug-likeness (QED) is 0.158. The van der Waals surface area contributed by atoms with Crippen LogP contribution in [0.2, 0.25) is 0 Å². The summed E-state index contributed by atoms with van der Waals surface area (Å²) in [6, 6.07) is 0. The number of hydrogen-bond acceptors (Lipinski definition) is 0. The van der Waals surface area contributed by atoms with Crippen LogP contribution in [0.15, 0.2) is 0 Å². The van der Waals surface area contributed by atoms with E-state index in [4.69, 9.17) is 11.6 Å². The Bertz CT molecular complexity index is 1420. The smallest absolute Gasteiger partial charge is 0.153 e. The van der Waals surface area contributed by atoms with Crippen molar-refractivity contribution in [3.63, 3.8) is 0 Å². The van der Waals surface area contributed by atoms with Crippen molar-refractivity contribution >= 4 is 33.1 Å². The topological polar surface area (TPSA) is 0 Å². The molecule has 0 atom stereocenters. The van der Waals surface area contributed by atoms with Crippen LogP contribution in [0.4, 0.5) is 0 Å². The molecule has 0 nitrogen and oxygen atoms in total. The van der Waals surface area contributed by atoms with Gasteiger partial charge in [-0.1, -0.05) is 109 Å². The van der Waals surface area contributed by atoms with Crippen molar-refractivity contribution in [3.05, 3.63) is 77.9 Å². The Balaban J connectivity index is 0.000000687. The third-order valence-corrected chi connectivity index (χ3v) is 10.6. The monoisotopic (exact) mass is 620 g/mol. The molecule has 0 unspecified atom stereocenters. The number of halogens is 1. The summed E-state index contributed by atoms with van der Waals surface area (Å²) < 4.78 is 0. The second kappa shape index (κ2) is 12.4. The summed E-state index contributed by atoms with van der Waals surface area (Å²) in [5.74, 6) is 0.743. The minimum atomic E-state index is 0. The SMILES string of the molecule is CC(C)(C)CCl.Cc1c(C)c(C)c2c(c1C)c(C)c(C)[c-]2CC[c-]1c(C)c(C)c2c(C)c(C)c(C)c(C)c21.[Zr+2]. The van der Waals surface area contributed by atoms with Gasteiger partial charge < -0.3 is 0 Å². The molecule has 0 aliphatic carbocycles. The van der Waals surface area contributed by atoms with Crippen molar-refractivity contribution in [2.45, 2.75) is 117 Å². The van der Waals surface area contributed by atoms with Gasteiger partial charge in [-0.3, -0.25) is 0 Å². The van der Waals surface area contributed by atoms with E-state index in [-0.39, 0.29) is 26.2 Å². The average molecular weight is 622 g/mol. The van der Waals surface area contributed by atoms with E-state index < -0.39 is 0 Å². The molecule has 0 saturated carbocycles. The van der Waals surface area contributed by atoms with Gasteiger partial charge in [-0.05, 0) is 47.0 Å². The Hall–Kier alpha value is -1.17. The van der Waals surface area contributed by atoms with Gasteiger partial charge in [0, 0.05) is 5.88 Å². The molecule has 0 fully saturated rings. The molecule has 0 aliphatic heterocycles. The molecule has 4 rings (SSSR count). The molecule has 0 N–H and O–H groups in total. The third-order valence-electron chi connectivity index (χ3n) is 9.78. The van der Waals surface area contributed by atoms with E-state index in [1.807, 2.05) is 0 Å². The van der Waals surface area contributed by atoms with Gasteiger partial charge in [0.1, 0.15) is 0 Å². The van der Waals surface area contributed by atoms with Gasteiger partial charge in [-0.25, -0.2) is 0 Å². The Morgan fingerprint density at radius 2 is 0.718 bits per heavy atom. The Morgan fingerprint density at radius 3 is 0.974 bits per heavy atom. The van der Waals surface area contributed by atoms with E-state index in [1.54, 1.807) is 11.1 Å². The van der Waals surface area contributed by atoms with Gasteiger partial charge in [0.15, 0.2) is 0 Å². The molecule has 4 aromatic carbocycles. The first kappa shape index (κ1) is 34.0. The fourth-order valence-corrected chi connectivity index (χ4v) is 6.39. The Kier molecular flexibility index (Phi) is 10.8. The number of alkyl halides is 1. The minimum Gasteiger partial charge on any atom is -0.153 e.